The molecule has 0 saturated heterocycles. The van der Waals surface area contributed by atoms with Gasteiger partial charge in [-0.2, -0.15) is 5.26 Å². The summed E-state index contributed by atoms with van der Waals surface area (Å²) in [4.78, 5) is 10.1. The Morgan fingerprint density at radius 3 is 2.89 bits per heavy atom. The second-order valence-electron chi connectivity index (χ2n) is 1.28. The Kier molecular flexibility index (Phi) is 4.18. The van der Waals surface area contributed by atoms with E-state index in [1.807, 2.05) is 6.07 Å². The van der Waals surface area contributed by atoms with E-state index < -0.39 is 6.03 Å². The van der Waals surface area contributed by atoms with Crippen molar-refractivity contribution in [1.82, 2.24) is 10.8 Å². The van der Waals surface area contributed by atoms with E-state index in [-0.39, 0.29) is 13.0 Å². The van der Waals surface area contributed by atoms with E-state index in [1.165, 1.54) is 5.48 Å². The first-order chi connectivity index (χ1) is 4.31. The topological polar surface area (TPSA) is 85.2 Å². The number of carbonyl (C=O) groups is 1. The zero-order chi connectivity index (χ0) is 7.11. The molecule has 2 amide bonds. The second-order valence-corrected chi connectivity index (χ2v) is 1.28. The van der Waals surface area contributed by atoms with Gasteiger partial charge in [0.1, 0.15) is 0 Å². The minimum absolute atomic E-state index is 0.243. The van der Waals surface area contributed by atoms with Crippen LogP contribution in [0.25, 0.3) is 0 Å². The molecule has 0 aromatic heterocycles. The van der Waals surface area contributed by atoms with Crippen LogP contribution in [-0.4, -0.2) is 17.8 Å². The molecular weight excluding hydrogens is 122 g/mol. The fourth-order valence-electron chi connectivity index (χ4n) is 0.271. The summed E-state index contributed by atoms with van der Waals surface area (Å²) in [5, 5.41) is 18.1. The Balaban J connectivity index is 3.09. The quantitative estimate of drug-likeness (QED) is 0.269. The zero-order valence-electron chi connectivity index (χ0n) is 4.72. The van der Waals surface area contributed by atoms with E-state index in [9.17, 15) is 4.79 Å². The van der Waals surface area contributed by atoms with Crippen LogP contribution in [0.15, 0.2) is 0 Å². The minimum Gasteiger partial charge on any atom is -0.335 e. The van der Waals surface area contributed by atoms with E-state index in [0.29, 0.717) is 0 Å². The van der Waals surface area contributed by atoms with Crippen molar-refractivity contribution in [2.24, 2.45) is 0 Å². The molecule has 9 heavy (non-hydrogen) atoms. The van der Waals surface area contributed by atoms with Gasteiger partial charge < -0.3 is 5.32 Å². The van der Waals surface area contributed by atoms with E-state index >= 15 is 0 Å². The van der Waals surface area contributed by atoms with Crippen molar-refractivity contribution in [2.75, 3.05) is 6.54 Å². The van der Waals surface area contributed by atoms with Crippen molar-refractivity contribution < 1.29 is 10.0 Å². The van der Waals surface area contributed by atoms with Crippen LogP contribution in [0.5, 0.6) is 0 Å². The molecule has 50 valence electrons. The Bertz CT molecular complexity index is 128. The van der Waals surface area contributed by atoms with E-state index in [4.69, 9.17) is 10.5 Å². The van der Waals surface area contributed by atoms with E-state index in [2.05, 4.69) is 5.32 Å². The molecule has 0 aromatic rings. The molecule has 3 N–H and O–H groups in total. The lowest BCUT2D eigenvalue weighted by molar-refractivity contribution is 0.162. The molecule has 5 heteroatoms. The smallest absolute Gasteiger partial charge is 0.335 e. The lowest BCUT2D eigenvalue weighted by Gasteiger charge is -1.97. The molecule has 0 aromatic carbocycles. The van der Waals surface area contributed by atoms with Gasteiger partial charge in [-0.1, -0.05) is 0 Å². The summed E-state index contributed by atoms with van der Waals surface area (Å²) in [6, 6.07) is 1.13. The molecule has 0 aliphatic heterocycles. The molecule has 0 fully saturated rings. The number of hydrogen-bond donors (Lipinski definition) is 3. The molecular formula is C4H7N3O2. The predicted molar refractivity (Wildman–Crippen MR) is 28.6 cm³/mol. The van der Waals surface area contributed by atoms with E-state index in [1.54, 1.807) is 0 Å². The standard InChI is InChI=1S/C4H7N3O2/c5-2-1-3-6-4(8)7-9/h9H,1,3H2,(H2,6,7,8). The number of nitrogens with one attached hydrogen (secondary N) is 2. The van der Waals surface area contributed by atoms with Gasteiger partial charge in [0.05, 0.1) is 12.5 Å². The van der Waals surface area contributed by atoms with Crippen LogP contribution in [0.2, 0.25) is 0 Å². The maximum Gasteiger partial charge on any atom is 0.338 e. The molecule has 5 nitrogen and oxygen atoms in total. The summed E-state index contributed by atoms with van der Waals surface area (Å²) >= 11 is 0. The average Bonchev–Trinajstić information content (AvgIpc) is 1.89. The monoisotopic (exact) mass is 129 g/mol. The Labute approximate surface area is 52.2 Å². The number of amides is 2. The number of hydrogen-bond acceptors (Lipinski definition) is 3. The van der Waals surface area contributed by atoms with Crippen LogP contribution in [0.1, 0.15) is 6.42 Å². The van der Waals surface area contributed by atoms with Gasteiger partial charge >= 0.3 is 6.03 Å². The van der Waals surface area contributed by atoms with Crippen LogP contribution in [0.4, 0.5) is 4.79 Å². The number of carbonyl (C=O) groups excluding carboxylic acids is 1. The van der Waals surface area contributed by atoms with Gasteiger partial charge in [-0.05, 0) is 0 Å². The Hall–Kier alpha value is -1.28. The SMILES string of the molecule is N#CCCNC(=O)NO. The maximum absolute atomic E-state index is 10.1. The highest BCUT2D eigenvalue weighted by Gasteiger charge is 1.92. The van der Waals surface area contributed by atoms with Crippen LogP contribution >= 0.6 is 0 Å². The fraction of sp³-hybridized carbons (Fsp3) is 0.500. The summed E-state index contributed by atoms with van der Waals surface area (Å²) < 4.78 is 0. The molecule has 0 bridgehead atoms. The summed E-state index contributed by atoms with van der Waals surface area (Å²) in [5.74, 6) is 0. The van der Waals surface area contributed by atoms with Gasteiger partial charge in [0.25, 0.3) is 0 Å². The highest BCUT2D eigenvalue weighted by Crippen LogP contribution is 1.68. The number of nitrogens with zero attached hydrogens (tertiary/aromatic N) is 1. The molecule has 0 atom stereocenters. The van der Waals surface area contributed by atoms with Gasteiger partial charge in [0.2, 0.25) is 0 Å². The third kappa shape index (κ3) is 4.58. The van der Waals surface area contributed by atoms with Gasteiger partial charge in [-0.15, -0.1) is 0 Å². The van der Waals surface area contributed by atoms with Crippen LogP contribution in [-0.2, 0) is 0 Å². The lowest BCUT2D eigenvalue weighted by atomic mass is 10.5. The van der Waals surface area contributed by atoms with E-state index in [0.717, 1.165) is 0 Å². The maximum atomic E-state index is 10.1. The molecule has 0 saturated carbocycles. The first-order valence-electron chi connectivity index (χ1n) is 2.36. The molecule has 0 aliphatic rings. The third-order valence-electron chi connectivity index (χ3n) is 0.624. The van der Waals surface area contributed by atoms with Crippen LogP contribution in [0.3, 0.4) is 0 Å². The Morgan fingerprint density at radius 1 is 1.78 bits per heavy atom. The Morgan fingerprint density at radius 2 is 2.44 bits per heavy atom. The highest BCUT2D eigenvalue weighted by atomic mass is 16.5. The van der Waals surface area contributed by atoms with Crippen molar-refractivity contribution in [3.63, 3.8) is 0 Å². The number of rotatable bonds is 2. The molecule has 0 rings (SSSR count). The summed E-state index contributed by atoms with van der Waals surface area (Å²) in [7, 11) is 0. The summed E-state index contributed by atoms with van der Waals surface area (Å²) in [6.07, 6.45) is 0.243. The van der Waals surface area contributed by atoms with Gasteiger partial charge in [0.15, 0.2) is 0 Å². The van der Waals surface area contributed by atoms with Crippen LogP contribution in [0, 0.1) is 11.3 Å². The van der Waals surface area contributed by atoms with Gasteiger partial charge in [0, 0.05) is 6.54 Å². The first kappa shape index (κ1) is 7.72. The number of nitriles is 1. The van der Waals surface area contributed by atoms with Crippen molar-refractivity contribution in [1.29, 1.82) is 5.26 Å². The zero-order valence-corrected chi connectivity index (χ0v) is 4.72. The fourth-order valence-corrected chi connectivity index (χ4v) is 0.271. The predicted octanol–water partition coefficient (Wildman–Crippen LogP) is -0.412. The van der Waals surface area contributed by atoms with Crippen molar-refractivity contribution in [3.05, 3.63) is 0 Å². The molecule has 0 aliphatic carbocycles. The normalized spacial score (nSPS) is 7.56. The molecule has 0 heterocycles. The lowest BCUT2D eigenvalue weighted by Crippen LogP contribution is -2.33. The first-order valence-corrected chi connectivity index (χ1v) is 2.36. The summed E-state index contributed by atoms with van der Waals surface area (Å²) in [5.41, 5.74) is 1.36. The van der Waals surface area contributed by atoms with Crippen molar-refractivity contribution in [2.45, 2.75) is 6.42 Å². The molecule has 0 spiro atoms. The number of urea groups is 1. The molecule has 0 unspecified atom stereocenters. The van der Waals surface area contributed by atoms with Gasteiger partial charge in [-0.25, -0.2) is 10.3 Å². The minimum atomic E-state index is -0.690. The van der Waals surface area contributed by atoms with Crippen molar-refractivity contribution in [3.8, 4) is 6.07 Å². The van der Waals surface area contributed by atoms with Gasteiger partial charge in [-0.3, -0.25) is 5.21 Å². The third-order valence-corrected chi connectivity index (χ3v) is 0.624. The molecule has 0 radical (unpaired) electrons. The average molecular weight is 129 g/mol. The second kappa shape index (κ2) is 4.87. The highest BCUT2D eigenvalue weighted by molar-refractivity contribution is 5.72. The number of hydroxylamine groups is 1. The summed E-state index contributed by atoms with van der Waals surface area (Å²) in [6.45, 7) is 0.253. The van der Waals surface area contributed by atoms with Crippen molar-refractivity contribution >= 4 is 6.03 Å². The van der Waals surface area contributed by atoms with Crippen LogP contribution < -0.4 is 10.8 Å². The largest absolute Gasteiger partial charge is 0.338 e.